The van der Waals surface area contributed by atoms with Crippen molar-refractivity contribution in [3.8, 4) is 11.4 Å². The maximum atomic E-state index is 13.0. The van der Waals surface area contributed by atoms with Crippen LogP contribution in [0, 0.1) is 6.92 Å². The van der Waals surface area contributed by atoms with Crippen molar-refractivity contribution in [1.82, 2.24) is 14.4 Å². The van der Waals surface area contributed by atoms with Crippen molar-refractivity contribution in [3.05, 3.63) is 59.5 Å². The van der Waals surface area contributed by atoms with Gasteiger partial charge in [0.2, 0.25) is 21.7 Å². The van der Waals surface area contributed by atoms with Gasteiger partial charge in [-0.2, -0.15) is 9.29 Å². The number of sulfonamides is 1. The summed E-state index contributed by atoms with van der Waals surface area (Å²) in [6, 6.07) is 11.8. The first kappa shape index (κ1) is 24.1. The van der Waals surface area contributed by atoms with E-state index in [1.807, 2.05) is 20.8 Å². The van der Waals surface area contributed by atoms with Crippen LogP contribution in [-0.2, 0) is 15.4 Å². The fourth-order valence-electron chi connectivity index (χ4n) is 3.81. The van der Waals surface area contributed by atoms with E-state index < -0.39 is 10.0 Å². The Labute approximate surface area is 200 Å². The number of carbonyl (C=O) groups is 1. The van der Waals surface area contributed by atoms with Gasteiger partial charge in [-0.25, -0.2) is 8.42 Å². The van der Waals surface area contributed by atoms with E-state index in [1.165, 1.54) is 10.4 Å². The molecule has 0 atom stereocenters. The molecule has 1 saturated heterocycles. The fraction of sp³-hybridized carbons (Fsp3) is 0.400. The lowest BCUT2D eigenvalue weighted by Gasteiger charge is -2.26. The smallest absolute Gasteiger partial charge is 0.255 e. The van der Waals surface area contributed by atoms with E-state index in [0.29, 0.717) is 41.6 Å². The van der Waals surface area contributed by atoms with Crippen molar-refractivity contribution in [3.63, 3.8) is 0 Å². The molecule has 0 aliphatic carbocycles. The molecule has 34 heavy (non-hydrogen) atoms. The summed E-state index contributed by atoms with van der Waals surface area (Å²) in [5.74, 6) is 0.666. The number of nitrogens with one attached hydrogen (secondary N) is 1. The average Bonchev–Trinajstić information content (AvgIpc) is 3.31. The van der Waals surface area contributed by atoms with Crippen molar-refractivity contribution in [2.75, 3.05) is 18.4 Å². The number of rotatable bonds is 5. The van der Waals surface area contributed by atoms with Crippen LogP contribution in [0.5, 0.6) is 0 Å². The van der Waals surface area contributed by atoms with E-state index in [1.54, 1.807) is 43.3 Å². The van der Waals surface area contributed by atoms with Gasteiger partial charge >= 0.3 is 0 Å². The van der Waals surface area contributed by atoms with Gasteiger partial charge in [-0.1, -0.05) is 38.4 Å². The predicted molar refractivity (Wildman–Crippen MR) is 130 cm³/mol. The molecule has 1 aliphatic heterocycles. The molecule has 9 heteroatoms. The van der Waals surface area contributed by atoms with Gasteiger partial charge < -0.3 is 9.84 Å². The zero-order valence-corrected chi connectivity index (χ0v) is 20.8. The zero-order valence-electron chi connectivity index (χ0n) is 20.0. The fourth-order valence-corrected chi connectivity index (χ4v) is 5.35. The van der Waals surface area contributed by atoms with Crippen LogP contribution in [0.15, 0.2) is 51.9 Å². The van der Waals surface area contributed by atoms with E-state index in [0.717, 1.165) is 24.8 Å². The highest BCUT2D eigenvalue weighted by Gasteiger charge is 2.27. The van der Waals surface area contributed by atoms with E-state index in [2.05, 4.69) is 15.5 Å². The predicted octanol–water partition coefficient (Wildman–Crippen LogP) is 4.77. The summed E-state index contributed by atoms with van der Waals surface area (Å²) in [6.45, 7) is 8.81. The molecule has 0 unspecified atom stereocenters. The van der Waals surface area contributed by atoms with Gasteiger partial charge in [0.05, 0.1) is 4.90 Å². The standard InChI is InChI=1S/C25H30N4O4S/c1-17-8-13-20(34(31,32)29-14-6-5-7-15-29)16-21(17)23(30)26-19-11-9-18(10-12-19)22-27-24(33-28-22)25(2,3)4/h8-13,16H,5-7,14-15H2,1-4H3,(H,26,30). The van der Waals surface area contributed by atoms with Crippen LogP contribution in [0.25, 0.3) is 11.4 Å². The molecule has 0 spiro atoms. The molecular weight excluding hydrogens is 452 g/mol. The molecule has 1 amide bonds. The normalized spacial score (nSPS) is 15.3. The Kier molecular flexibility index (Phi) is 6.60. The number of amides is 1. The minimum atomic E-state index is -3.62. The monoisotopic (exact) mass is 482 g/mol. The Hall–Kier alpha value is -3.04. The molecule has 0 saturated carbocycles. The average molecular weight is 483 g/mol. The van der Waals surface area contributed by atoms with Crippen LogP contribution >= 0.6 is 0 Å². The lowest BCUT2D eigenvalue weighted by atomic mass is 9.97. The Morgan fingerprint density at radius 1 is 1.03 bits per heavy atom. The summed E-state index contributed by atoms with van der Waals surface area (Å²) < 4.78 is 32.9. The van der Waals surface area contributed by atoms with Gasteiger partial charge in [0, 0.05) is 35.3 Å². The molecule has 2 heterocycles. The van der Waals surface area contributed by atoms with E-state index >= 15 is 0 Å². The molecule has 8 nitrogen and oxygen atoms in total. The molecule has 1 N–H and O–H groups in total. The molecule has 2 aromatic carbocycles. The highest BCUT2D eigenvalue weighted by Crippen LogP contribution is 2.26. The van der Waals surface area contributed by atoms with Gasteiger partial charge in [0.15, 0.2) is 0 Å². The third-order valence-corrected chi connectivity index (χ3v) is 7.77. The Bertz CT molecular complexity index is 1290. The lowest BCUT2D eigenvalue weighted by Crippen LogP contribution is -2.35. The highest BCUT2D eigenvalue weighted by molar-refractivity contribution is 7.89. The summed E-state index contributed by atoms with van der Waals surface area (Å²) in [7, 11) is -3.62. The molecule has 3 aromatic rings. The van der Waals surface area contributed by atoms with E-state index in [-0.39, 0.29) is 16.2 Å². The van der Waals surface area contributed by atoms with Crippen molar-refractivity contribution in [1.29, 1.82) is 0 Å². The van der Waals surface area contributed by atoms with Crippen LogP contribution in [0.2, 0.25) is 0 Å². The summed E-state index contributed by atoms with van der Waals surface area (Å²) >= 11 is 0. The van der Waals surface area contributed by atoms with Gasteiger partial charge in [-0.3, -0.25) is 4.79 Å². The first-order chi connectivity index (χ1) is 16.1. The summed E-state index contributed by atoms with van der Waals surface area (Å²) in [4.78, 5) is 17.6. The Balaban J connectivity index is 1.51. The summed E-state index contributed by atoms with van der Waals surface area (Å²) in [5, 5.41) is 6.89. The minimum Gasteiger partial charge on any atom is -0.338 e. The maximum Gasteiger partial charge on any atom is 0.255 e. The second kappa shape index (κ2) is 9.31. The third-order valence-electron chi connectivity index (χ3n) is 5.88. The molecule has 0 bridgehead atoms. The first-order valence-corrected chi connectivity index (χ1v) is 12.9. The number of hydrogen-bond acceptors (Lipinski definition) is 6. The van der Waals surface area contributed by atoms with E-state index in [4.69, 9.17) is 4.52 Å². The number of benzene rings is 2. The number of nitrogens with zero attached hydrogens (tertiary/aromatic N) is 3. The second-order valence-corrected chi connectivity index (χ2v) is 11.6. The van der Waals surface area contributed by atoms with Crippen molar-refractivity contribution >= 4 is 21.6 Å². The second-order valence-electron chi connectivity index (χ2n) is 9.65. The van der Waals surface area contributed by atoms with Crippen molar-refractivity contribution in [2.24, 2.45) is 0 Å². The van der Waals surface area contributed by atoms with Crippen molar-refractivity contribution in [2.45, 2.75) is 57.3 Å². The number of aryl methyl sites for hydroxylation is 1. The SMILES string of the molecule is Cc1ccc(S(=O)(=O)N2CCCCC2)cc1C(=O)Nc1ccc(-c2noc(C(C)(C)C)n2)cc1. The van der Waals surface area contributed by atoms with Gasteiger partial charge in [0.1, 0.15) is 0 Å². The maximum absolute atomic E-state index is 13.0. The topological polar surface area (TPSA) is 105 Å². The van der Waals surface area contributed by atoms with Crippen LogP contribution in [-0.4, -0.2) is 41.9 Å². The number of carbonyl (C=O) groups excluding carboxylic acids is 1. The Morgan fingerprint density at radius 2 is 1.71 bits per heavy atom. The largest absolute Gasteiger partial charge is 0.338 e. The third kappa shape index (κ3) is 5.05. The van der Waals surface area contributed by atoms with Crippen LogP contribution in [0.3, 0.4) is 0 Å². The molecule has 1 fully saturated rings. The number of aromatic nitrogens is 2. The van der Waals surface area contributed by atoms with Crippen LogP contribution < -0.4 is 5.32 Å². The quantitative estimate of drug-likeness (QED) is 0.562. The molecule has 0 radical (unpaired) electrons. The lowest BCUT2D eigenvalue weighted by molar-refractivity contribution is 0.102. The van der Waals surface area contributed by atoms with Gasteiger partial charge in [-0.15, -0.1) is 0 Å². The first-order valence-electron chi connectivity index (χ1n) is 11.4. The van der Waals surface area contributed by atoms with Crippen molar-refractivity contribution < 1.29 is 17.7 Å². The minimum absolute atomic E-state index is 0.146. The van der Waals surface area contributed by atoms with E-state index in [9.17, 15) is 13.2 Å². The van der Waals surface area contributed by atoms with Crippen LogP contribution in [0.1, 0.15) is 61.8 Å². The Morgan fingerprint density at radius 3 is 2.32 bits per heavy atom. The number of piperidine rings is 1. The molecule has 1 aliphatic rings. The number of anilines is 1. The zero-order chi connectivity index (χ0) is 24.5. The van der Waals surface area contributed by atoms with Gasteiger partial charge in [-0.05, 0) is 61.7 Å². The highest BCUT2D eigenvalue weighted by atomic mass is 32.2. The summed E-state index contributed by atoms with van der Waals surface area (Å²) in [5.41, 5.74) is 2.14. The summed E-state index contributed by atoms with van der Waals surface area (Å²) in [6.07, 6.45) is 2.75. The van der Waals surface area contributed by atoms with Crippen LogP contribution in [0.4, 0.5) is 5.69 Å². The molecule has 1 aromatic heterocycles. The number of hydrogen-bond donors (Lipinski definition) is 1. The molecular formula is C25H30N4O4S. The molecule has 180 valence electrons. The van der Waals surface area contributed by atoms with Gasteiger partial charge in [0.25, 0.3) is 5.91 Å². The molecule has 4 rings (SSSR count).